The molecule has 5 nitrogen and oxygen atoms in total. The Labute approximate surface area is 166 Å². The van der Waals surface area contributed by atoms with Crippen molar-refractivity contribution in [1.82, 2.24) is 15.1 Å². The number of hydrogen-bond donors (Lipinski definition) is 1. The van der Waals surface area contributed by atoms with E-state index < -0.39 is 0 Å². The van der Waals surface area contributed by atoms with E-state index in [-0.39, 0.29) is 11.9 Å². The van der Waals surface area contributed by atoms with Gasteiger partial charge < -0.3 is 10.1 Å². The van der Waals surface area contributed by atoms with Crippen molar-refractivity contribution in [2.24, 2.45) is 7.05 Å². The number of nitrogens with one attached hydrogen (secondary N) is 1. The Morgan fingerprint density at radius 1 is 1.18 bits per heavy atom. The second-order valence-corrected chi connectivity index (χ2v) is 7.10. The van der Waals surface area contributed by atoms with Crippen molar-refractivity contribution >= 4 is 5.91 Å². The molecule has 5 heteroatoms. The van der Waals surface area contributed by atoms with Gasteiger partial charge >= 0.3 is 0 Å². The summed E-state index contributed by atoms with van der Waals surface area (Å²) in [6.45, 7) is 7.93. The predicted molar refractivity (Wildman–Crippen MR) is 111 cm³/mol. The molecule has 28 heavy (non-hydrogen) atoms. The highest BCUT2D eigenvalue weighted by atomic mass is 16.5. The van der Waals surface area contributed by atoms with Crippen molar-refractivity contribution < 1.29 is 9.53 Å². The van der Waals surface area contributed by atoms with E-state index in [1.807, 2.05) is 63.2 Å². The lowest BCUT2D eigenvalue weighted by Crippen LogP contribution is -2.27. The fraction of sp³-hybridized carbons (Fsp3) is 0.304. The van der Waals surface area contributed by atoms with Gasteiger partial charge in [0.15, 0.2) is 0 Å². The predicted octanol–water partition coefficient (Wildman–Crippen LogP) is 4.88. The third-order valence-corrected chi connectivity index (χ3v) is 4.84. The van der Waals surface area contributed by atoms with E-state index in [1.165, 1.54) is 11.1 Å². The summed E-state index contributed by atoms with van der Waals surface area (Å²) in [5.41, 5.74) is 4.52. The normalized spacial score (nSPS) is 11.9. The number of ether oxygens (including phenoxy) is 1. The molecule has 3 rings (SSSR count). The molecule has 0 aliphatic heterocycles. The van der Waals surface area contributed by atoms with Crippen molar-refractivity contribution in [2.45, 2.75) is 40.2 Å². The van der Waals surface area contributed by atoms with Gasteiger partial charge in [0.2, 0.25) is 5.88 Å². The first kappa shape index (κ1) is 19.7. The summed E-state index contributed by atoms with van der Waals surface area (Å²) in [4.78, 5) is 13.0. The van der Waals surface area contributed by atoms with Crippen molar-refractivity contribution in [3.8, 4) is 11.6 Å². The number of carbonyl (C=O) groups is 1. The van der Waals surface area contributed by atoms with Crippen LogP contribution in [-0.2, 0) is 13.5 Å². The molecule has 146 valence electrons. The molecule has 0 radical (unpaired) electrons. The van der Waals surface area contributed by atoms with Crippen LogP contribution in [0.1, 0.15) is 52.6 Å². The minimum atomic E-state index is -0.194. The zero-order valence-corrected chi connectivity index (χ0v) is 17.1. The number of aryl methyl sites for hydroxylation is 4. The summed E-state index contributed by atoms with van der Waals surface area (Å²) in [5.74, 6) is 0.947. The van der Waals surface area contributed by atoms with E-state index >= 15 is 0 Å². The van der Waals surface area contributed by atoms with Gasteiger partial charge in [-0.2, -0.15) is 5.10 Å². The lowest BCUT2D eigenvalue weighted by molar-refractivity contribution is 0.0936. The largest absolute Gasteiger partial charge is 0.438 e. The molecule has 0 fully saturated rings. The summed E-state index contributed by atoms with van der Waals surface area (Å²) >= 11 is 0. The molecule has 3 aromatic rings. The van der Waals surface area contributed by atoms with Crippen LogP contribution in [0.3, 0.4) is 0 Å². The Morgan fingerprint density at radius 3 is 2.57 bits per heavy atom. The van der Waals surface area contributed by atoms with Gasteiger partial charge in [-0.3, -0.25) is 4.79 Å². The number of amides is 1. The molecule has 1 N–H and O–H groups in total. The second-order valence-electron chi connectivity index (χ2n) is 7.10. The molecule has 0 spiro atoms. The number of benzene rings is 2. The maximum Gasteiger partial charge on any atom is 0.259 e. The molecule has 0 bridgehead atoms. The minimum Gasteiger partial charge on any atom is -0.438 e. The van der Waals surface area contributed by atoms with Crippen LogP contribution in [0.2, 0.25) is 0 Å². The molecule has 2 aromatic carbocycles. The van der Waals surface area contributed by atoms with E-state index in [2.05, 4.69) is 23.4 Å². The summed E-state index contributed by atoms with van der Waals surface area (Å²) in [6.07, 6.45) is 0.920. The molecule has 0 saturated heterocycles. The molecular weight excluding hydrogens is 350 g/mol. The highest BCUT2D eigenvalue weighted by molar-refractivity contribution is 5.98. The van der Waals surface area contributed by atoms with E-state index in [9.17, 15) is 4.79 Å². The molecule has 1 atom stereocenters. The SMILES string of the molecule is CCc1cccc(Oc2c(C(=O)NC(C)c3ccc(C)cc3)c(C)nn2C)c1. The lowest BCUT2D eigenvalue weighted by atomic mass is 10.1. The summed E-state index contributed by atoms with van der Waals surface area (Å²) in [5, 5.41) is 7.46. The van der Waals surface area contributed by atoms with Gasteiger partial charge in [0, 0.05) is 7.05 Å². The molecule has 1 amide bonds. The van der Waals surface area contributed by atoms with Crippen molar-refractivity contribution in [3.63, 3.8) is 0 Å². The maximum atomic E-state index is 13.0. The Balaban J connectivity index is 1.84. The van der Waals surface area contributed by atoms with Gasteiger partial charge in [-0.25, -0.2) is 4.68 Å². The van der Waals surface area contributed by atoms with Crippen LogP contribution in [0.5, 0.6) is 11.6 Å². The first-order valence-electron chi connectivity index (χ1n) is 9.56. The van der Waals surface area contributed by atoms with Crippen molar-refractivity contribution in [3.05, 3.63) is 76.5 Å². The number of aromatic nitrogens is 2. The third kappa shape index (κ3) is 4.25. The molecule has 1 heterocycles. The third-order valence-electron chi connectivity index (χ3n) is 4.84. The second kappa shape index (κ2) is 8.30. The maximum absolute atomic E-state index is 13.0. The van der Waals surface area contributed by atoms with E-state index in [1.54, 1.807) is 11.7 Å². The Kier molecular flexibility index (Phi) is 5.83. The fourth-order valence-electron chi connectivity index (χ4n) is 3.16. The zero-order chi connectivity index (χ0) is 20.3. The standard InChI is InChI=1S/C23H27N3O2/c1-6-18-8-7-9-20(14-18)28-23-21(17(4)25-26(23)5)22(27)24-16(3)19-12-10-15(2)11-13-19/h7-14,16H,6H2,1-5H3,(H,24,27). The topological polar surface area (TPSA) is 56.1 Å². The highest BCUT2D eigenvalue weighted by Crippen LogP contribution is 2.28. The van der Waals surface area contributed by atoms with Crippen LogP contribution in [0, 0.1) is 13.8 Å². The average Bonchev–Trinajstić information content (AvgIpc) is 2.95. The van der Waals surface area contributed by atoms with Gasteiger partial charge in [-0.05, 0) is 50.5 Å². The summed E-state index contributed by atoms with van der Waals surface area (Å²) in [7, 11) is 1.78. The first-order valence-corrected chi connectivity index (χ1v) is 9.56. The highest BCUT2D eigenvalue weighted by Gasteiger charge is 2.24. The summed E-state index contributed by atoms with van der Waals surface area (Å²) in [6, 6.07) is 15.9. The van der Waals surface area contributed by atoms with Gasteiger partial charge in [-0.1, -0.05) is 48.9 Å². The Morgan fingerprint density at radius 2 is 1.89 bits per heavy atom. The summed E-state index contributed by atoms with van der Waals surface area (Å²) < 4.78 is 7.68. The molecule has 1 unspecified atom stereocenters. The van der Waals surface area contributed by atoms with Crippen molar-refractivity contribution in [1.29, 1.82) is 0 Å². The number of carbonyl (C=O) groups excluding carboxylic acids is 1. The quantitative estimate of drug-likeness (QED) is 0.666. The zero-order valence-electron chi connectivity index (χ0n) is 17.1. The minimum absolute atomic E-state index is 0.121. The van der Waals surface area contributed by atoms with Crippen molar-refractivity contribution in [2.75, 3.05) is 0 Å². The fourth-order valence-corrected chi connectivity index (χ4v) is 3.16. The van der Waals surface area contributed by atoms with E-state index in [0.717, 1.165) is 12.0 Å². The molecular formula is C23H27N3O2. The molecule has 1 aromatic heterocycles. The van der Waals surface area contributed by atoms with Gasteiger partial charge in [0.25, 0.3) is 5.91 Å². The number of rotatable bonds is 6. The van der Waals surface area contributed by atoms with Gasteiger partial charge in [-0.15, -0.1) is 0 Å². The van der Waals surface area contributed by atoms with E-state index in [0.29, 0.717) is 22.9 Å². The Hall–Kier alpha value is -3.08. The van der Waals surface area contributed by atoms with E-state index in [4.69, 9.17) is 4.74 Å². The van der Waals surface area contributed by atoms with Crippen LogP contribution in [0.25, 0.3) is 0 Å². The van der Waals surface area contributed by atoms with Crippen LogP contribution < -0.4 is 10.1 Å². The van der Waals surface area contributed by atoms with Crippen LogP contribution in [-0.4, -0.2) is 15.7 Å². The molecule has 0 saturated carbocycles. The Bertz CT molecular complexity index is 974. The van der Waals surface area contributed by atoms with Crippen LogP contribution >= 0.6 is 0 Å². The smallest absolute Gasteiger partial charge is 0.259 e. The average molecular weight is 377 g/mol. The van der Waals surface area contributed by atoms with Gasteiger partial charge in [0.1, 0.15) is 11.3 Å². The number of nitrogens with zero attached hydrogens (tertiary/aromatic N) is 2. The van der Waals surface area contributed by atoms with Gasteiger partial charge in [0.05, 0.1) is 11.7 Å². The monoisotopic (exact) mass is 377 g/mol. The lowest BCUT2D eigenvalue weighted by Gasteiger charge is -2.15. The van der Waals surface area contributed by atoms with Crippen LogP contribution in [0.4, 0.5) is 0 Å². The number of hydrogen-bond acceptors (Lipinski definition) is 3. The van der Waals surface area contributed by atoms with Crippen LogP contribution in [0.15, 0.2) is 48.5 Å². The molecule has 0 aliphatic rings. The first-order chi connectivity index (χ1) is 13.4. The molecule has 0 aliphatic carbocycles.